The number of carbonyl (C=O) groups is 3. The van der Waals surface area contributed by atoms with Crippen molar-refractivity contribution in [3.8, 4) is 0 Å². The van der Waals surface area contributed by atoms with Crippen molar-refractivity contribution >= 4 is 17.9 Å². The number of hydrogen-bond acceptors (Lipinski definition) is 4. The molecule has 0 aliphatic carbocycles. The first-order valence-electron chi connectivity index (χ1n) is 6.38. The van der Waals surface area contributed by atoms with Crippen LogP contribution in [0.15, 0.2) is 18.3 Å². The molecule has 0 unspecified atom stereocenters. The fourth-order valence-corrected chi connectivity index (χ4v) is 1.51. The maximum Gasteiger partial charge on any atom is 0.354 e. The second kappa shape index (κ2) is 7.83. The number of aromatic carboxylic acids is 1. The van der Waals surface area contributed by atoms with Gasteiger partial charge >= 0.3 is 12.0 Å². The number of likely N-dealkylation sites (N-methyl/N-ethyl adjacent to an activating group) is 2. The van der Waals surface area contributed by atoms with Crippen LogP contribution in [0.1, 0.15) is 23.0 Å². The molecule has 0 radical (unpaired) electrons. The van der Waals surface area contributed by atoms with Crippen LogP contribution in [0.25, 0.3) is 0 Å². The van der Waals surface area contributed by atoms with Gasteiger partial charge in [0.1, 0.15) is 12.2 Å². The number of carboxylic acids is 1. The molecule has 0 saturated carbocycles. The molecule has 8 nitrogen and oxygen atoms in total. The van der Waals surface area contributed by atoms with Gasteiger partial charge in [0, 0.05) is 26.3 Å². The Hall–Kier alpha value is -2.64. The van der Waals surface area contributed by atoms with E-state index in [-0.39, 0.29) is 24.7 Å². The predicted molar refractivity (Wildman–Crippen MR) is 74.7 cm³/mol. The Balaban J connectivity index is 2.45. The Morgan fingerprint density at radius 2 is 2.00 bits per heavy atom. The summed E-state index contributed by atoms with van der Waals surface area (Å²) in [5, 5.41) is 13.9. The van der Waals surface area contributed by atoms with Crippen LogP contribution in [-0.2, 0) is 11.3 Å². The molecule has 0 saturated heterocycles. The van der Waals surface area contributed by atoms with Gasteiger partial charge in [-0.3, -0.25) is 4.79 Å². The van der Waals surface area contributed by atoms with Gasteiger partial charge in [-0.25, -0.2) is 14.6 Å². The molecule has 1 aromatic rings. The molecule has 3 N–H and O–H groups in total. The summed E-state index contributed by atoms with van der Waals surface area (Å²) in [5.41, 5.74) is 0.609. The number of hydrogen-bond donors (Lipinski definition) is 3. The summed E-state index contributed by atoms with van der Waals surface area (Å²) < 4.78 is 0. The van der Waals surface area contributed by atoms with Crippen LogP contribution in [0.5, 0.6) is 0 Å². The first-order valence-corrected chi connectivity index (χ1v) is 6.38. The van der Waals surface area contributed by atoms with Crippen molar-refractivity contribution in [2.24, 2.45) is 0 Å². The Morgan fingerprint density at radius 1 is 1.29 bits per heavy atom. The number of aromatic nitrogens is 1. The minimum absolute atomic E-state index is 0.0319. The van der Waals surface area contributed by atoms with Crippen molar-refractivity contribution in [3.05, 3.63) is 29.6 Å². The first kappa shape index (κ1) is 16.4. The number of amides is 3. The highest BCUT2D eigenvalue weighted by Crippen LogP contribution is 2.00. The van der Waals surface area contributed by atoms with E-state index in [4.69, 9.17) is 5.11 Å². The smallest absolute Gasteiger partial charge is 0.354 e. The van der Waals surface area contributed by atoms with Crippen LogP contribution < -0.4 is 10.6 Å². The van der Waals surface area contributed by atoms with Crippen LogP contribution in [0.3, 0.4) is 0 Å². The summed E-state index contributed by atoms with van der Waals surface area (Å²) in [6, 6.07) is 2.53. The molecule has 3 amide bonds. The zero-order chi connectivity index (χ0) is 15.8. The molecule has 0 aliphatic heterocycles. The normalized spacial score (nSPS) is 9.81. The summed E-state index contributed by atoms with van der Waals surface area (Å²) in [4.78, 5) is 38.7. The van der Waals surface area contributed by atoms with Crippen molar-refractivity contribution < 1.29 is 19.5 Å². The van der Waals surface area contributed by atoms with Gasteiger partial charge < -0.3 is 20.6 Å². The Labute approximate surface area is 122 Å². The molecule has 0 spiro atoms. The predicted octanol–water partition coefficient (Wildman–Crippen LogP) is 0.0573. The molecule has 0 fully saturated rings. The number of urea groups is 1. The van der Waals surface area contributed by atoms with Crippen LogP contribution in [0, 0.1) is 0 Å². The molecule has 0 atom stereocenters. The monoisotopic (exact) mass is 294 g/mol. The fraction of sp³-hybridized carbons (Fsp3) is 0.385. The molecule has 21 heavy (non-hydrogen) atoms. The molecule has 0 bridgehead atoms. The number of nitrogens with one attached hydrogen (secondary N) is 2. The zero-order valence-electron chi connectivity index (χ0n) is 11.9. The zero-order valence-corrected chi connectivity index (χ0v) is 11.9. The Kier molecular flexibility index (Phi) is 6.12. The Bertz CT molecular complexity index is 515. The molecule has 114 valence electrons. The minimum Gasteiger partial charge on any atom is -0.477 e. The molecule has 8 heteroatoms. The third kappa shape index (κ3) is 5.47. The summed E-state index contributed by atoms with van der Waals surface area (Å²) in [7, 11) is 1.51. The van der Waals surface area contributed by atoms with E-state index in [0.717, 1.165) is 0 Å². The molecular weight excluding hydrogens is 276 g/mol. The van der Waals surface area contributed by atoms with E-state index in [1.807, 2.05) is 0 Å². The molecule has 1 aromatic heterocycles. The van der Waals surface area contributed by atoms with Gasteiger partial charge in [0.2, 0.25) is 5.91 Å². The maximum absolute atomic E-state index is 11.8. The third-order valence-corrected chi connectivity index (χ3v) is 2.59. The van der Waals surface area contributed by atoms with E-state index in [9.17, 15) is 14.4 Å². The number of carbonyl (C=O) groups excluding carboxylic acids is 2. The van der Waals surface area contributed by atoms with Crippen LogP contribution in [0.2, 0.25) is 0 Å². The standard InChI is InChI=1S/C13H18N4O4/c1-3-14-11(18)8-17(2)13(21)16-7-9-4-5-10(12(19)20)15-6-9/h4-6H,3,7-8H2,1-2H3,(H,14,18)(H,16,21)(H,19,20). The average molecular weight is 294 g/mol. The van der Waals surface area contributed by atoms with Gasteiger partial charge in [0.05, 0.1) is 0 Å². The molecular formula is C13H18N4O4. The largest absolute Gasteiger partial charge is 0.477 e. The van der Waals surface area contributed by atoms with E-state index < -0.39 is 12.0 Å². The minimum atomic E-state index is -1.10. The maximum atomic E-state index is 11.8. The van der Waals surface area contributed by atoms with Crippen molar-refractivity contribution in [1.82, 2.24) is 20.5 Å². The van der Waals surface area contributed by atoms with E-state index in [2.05, 4.69) is 15.6 Å². The van der Waals surface area contributed by atoms with Gasteiger partial charge in [0.15, 0.2) is 0 Å². The molecule has 0 aromatic carbocycles. The topological polar surface area (TPSA) is 112 Å². The lowest BCUT2D eigenvalue weighted by atomic mass is 10.2. The highest BCUT2D eigenvalue weighted by Gasteiger charge is 2.12. The quantitative estimate of drug-likeness (QED) is 0.686. The first-order chi connectivity index (χ1) is 9.93. The van der Waals surface area contributed by atoms with Gasteiger partial charge in [0.25, 0.3) is 0 Å². The van der Waals surface area contributed by atoms with Crippen molar-refractivity contribution in [1.29, 1.82) is 0 Å². The number of pyridine rings is 1. The van der Waals surface area contributed by atoms with Crippen LogP contribution in [0.4, 0.5) is 4.79 Å². The van der Waals surface area contributed by atoms with E-state index in [0.29, 0.717) is 12.1 Å². The van der Waals surface area contributed by atoms with Crippen LogP contribution >= 0.6 is 0 Å². The van der Waals surface area contributed by atoms with Gasteiger partial charge in [-0.05, 0) is 18.6 Å². The third-order valence-electron chi connectivity index (χ3n) is 2.59. The number of rotatable bonds is 6. The summed E-state index contributed by atoms with van der Waals surface area (Å²) in [6.45, 7) is 2.48. The summed E-state index contributed by atoms with van der Waals surface area (Å²) in [6.07, 6.45) is 1.38. The number of carboxylic acid groups (broad SMARTS) is 1. The van der Waals surface area contributed by atoms with E-state index in [1.165, 1.54) is 24.2 Å². The highest BCUT2D eigenvalue weighted by atomic mass is 16.4. The SMILES string of the molecule is CCNC(=O)CN(C)C(=O)NCc1ccc(C(=O)O)nc1. The van der Waals surface area contributed by atoms with Crippen molar-refractivity contribution in [2.75, 3.05) is 20.1 Å². The van der Waals surface area contributed by atoms with Crippen molar-refractivity contribution in [2.45, 2.75) is 13.5 Å². The second-order valence-electron chi connectivity index (χ2n) is 4.33. The van der Waals surface area contributed by atoms with Gasteiger partial charge in [-0.1, -0.05) is 6.07 Å². The summed E-state index contributed by atoms with van der Waals surface area (Å²) in [5.74, 6) is -1.34. The summed E-state index contributed by atoms with van der Waals surface area (Å²) >= 11 is 0. The Morgan fingerprint density at radius 3 is 2.52 bits per heavy atom. The second-order valence-corrected chi connectivity index (χ2v) is 4.33. The molecule has 0 aliphatic rings. The van der Waals surface area contributed by atoms with Crippen molar-refractivity contribution in [3.63, 3.8) is 0 Å². The van der Waals surface area contributed by atoms with E-state index >= 15 is 0 Å². The van der Waals surface area contributed by atoms with Gasteiger partial charge in [-0.15, -0.1) is 0 Å². The number of nitrogens with zero attached hydrogens (tertiary/aromatic N) is 2. The average Bonchev–Trinajstić information content (AvgIpc) is 2.45. The lowest BCUT2D eigenvalue weighted by Crippen LogP contribution is -2.43. The molecule has 1 heterocycles. The highest BCUT2D eigenvalue weighted by molar-refractivity contribution is 5.85. The molecule has 1 rings (SSSR count). The van der Waals surface area contributed by atoms with Gasteiger partial charge in [-0.2, -0.15) is 0 Å². The lowest BCUT2D eigenvalue weighted by molar-refractivity contribution is -0.121. The van der Waals surface area contributed by atoms with E-state index in [1.54, 1.807) is 13.0 Å². The lowest BCUT2D eigenvalue weighted by Gasteiger charge is -2.17. The fourth-order valence-electron chi connectivity index (χ4n) is 1.51. The van der Waals surface area contributed by atoms with Crippen LogP contribution in [-0.4, -0.2) is 53.0 Å².